The fourth-order valence-electron chi connectivity index (χ4n) is 3.18. The van der Waals surface area contributed by atoms with Crippen molar-refractivity contribution in [2.45, 2.75) is 24.3 Å². The van der Waals surface area contributed by atoms with Crippen molar-refractivity contribution in [1.82, 2.24) is 4.31 Å². The van der Waals surface area contributed by atoms with Crippen LogP contribution >= 0.6 is 0 Å². The number of rotatable bonds is 6. The zero-order valence-corrected chi connectivity index (χ0v) is 16.6. The molecule has 6 nitrogen and oxygen atoms in total. The maximum Gasteiger partial charge on any atom is 0.309 e. The third kappa shape index (κ3) is 4.91. The fraction of sp³-hybridized carbons (Fsp3) is 0.350. The van der Waals surface area contributed by atoms with Gasteiger partial charge in [-0.1, -0.05) is 12.1 Å². The van der Waals surface area contributed by atoms with E-state index in [1.807, 2.05) is 0 Å². The largest absolute Gasteiger partial charge is 0.497 e. The zero-order valence-electron chi connectivity index (χ0n) is 15.8. The molecule has 0 atom stereocenters. The summed E-state index contributed by atoms with van der Waals surface area (Å²) in [6.45, 7) is 0.136. The van der Waals surface area contributed by atoms with Gasteiger partial charge < -0.3 is 9.47 Å². The van der Waals surface area contributed by atoms with Gasteiger partial charge in [0, 0.05) is 13.1 Å². The van der Waals surface area contributed by atoms with E-state index in [2.05, 4.69) is 0 Å². The number of methoxy groups -OCH3 is 1. The molecule has 0 N–H and O–H groups in total. The van der Waals surface area contributed by atoms with E-state index in [4.69, 9.17) is 9.47 Å². The van der Waals surface area contributed by atoms with E-state index in [1.165, 1.54) is 0 Å². The molecule has 9 heteroatoms. The molecule has 29 heavy (non-hydrogen) atoms. The Balaban J connectivity index is 1.58. The Labute approximate surface area is 168 Å². The first-order valence-electron chi connectivity index (χ1n) is 9.06. The molecule has 0 unspecified atom stereocenters. The lowest BCUT2D eigenvalue weighted by Gasteiger charge is -2.30. The summed E-state index contributed by atoms with van der Waals surface area (Å²) in [7, 11) is -2.63. The predicted molar refractivity (Wildman–Crippen MR) is 101 cm³/mol. The lowest BCUT2D eigenvalue weighted by molar-refractivity contribution is -0.151. The summed E-state index contributed by atoms with van der Waals surface area (Å²) in [5.41, 5.74) is 0.777. The van der Waals surface area contributed by atoms with Crippen LogP contribution in [0.25, 0.3) is 0 Å². The fourth-order valence-corrected chi connectivity index (χ4v) is 4.73. The smallest absolute Gasteiger partial charge is 0.309 e. The Morgan fingerprint density at radius 1 is 1.14 bits per heavy atom. The molecule has 0 amide bonds. The highest BCUT2D eigenvalue weighted by Crippen LogP contribution is 2.27. The third-order valence-corrected chi connectivity index (χ3v) is 6.73. The summed E-state index contributed by atoms with van der Waals surface area (Å²) in [6.07, 6.45) is 0.486. The minimum atomic E-state index is -4.17. The van der Waals surface area contributed by atoms with Gasteiger partial charge in [0.05, 0.1) is 13.0 Å². The average molecular weight is 425 g/mol. The van der Waals surface area contributed by atoms with E-state index in [-0.39, 0.29) is 32.5 Å². The third-order valence-electron chi connectivity index (χ3n) is 4.81. The molecule has 0 radical (unpaired) electrons. The van der Waals surface area contributed by atoms with Crippen LogP contribution in [0.4, 0.5) is 8.78 Å². The Hall–Kier alpha value is -2.52. The van der Waals surface area contributed by atoms with E-state index < -0.39 is 38.4 Å². The predicted octanol–water partition coefficient (Wildman–Crippen LogP) is 3.12. The topological polar surface area (TPSA) is 72.9 Å². The van der Waals surface area contributed by atoms with E-state index in [9.17, 15) is 22.0 Å². The second kappa shape index (κ2) is 8.87. The van der Waals surface area contributed by atoms with Crippen LogP contribution in [-0.2, 0) is 26.2 Å². The molecule has 1 aliphatic rings. The van der Waals surface area contributed by atoms with E-state index >= 15 is 0 Å². The molecule has 0 spiro atoms. The van der Waals surface area contributed by atoms with E-state index in [0.29, 0.717) is 11.8 Å². The Morgan fingerprint density at radius 2 is 1.86 bits per heavy atom. The van der Waals surface area contributed by atoms with Gasteiger partial charge in [-0.25, -0.2) is 17.2 Å². The van der Waals surface area contributed by atoms with Crippen molar-refractivity contribution in [3.05, 3.63) is 59.7 Å². The van der Waals surface area contributed by atoms with Crippen LogP contribution in [0.3, 0.4) is 0 Å². The van der Waals surface area contributed by atoms with Gasteiger partial charge >= 0.3 is 5.97 Å². The highest BCUT2D eigenvalue weighted by atomic mass is 32.2. The van der Waals surface area contributed by atoms with E-state index in [1.54, 1.807) is 31.4 Å². The van der Waals surface area contributed by atoms with Crippen molar-refractivity contribution in [3.8, 4) is 5.75 Å². The van der Waals surface area contributed by atoms with Crippen molar-refractivity contribution in [2.24, 2.45) is 5.92 Å². The quantitative estimate of drug-likeness (QED) is 0.665. The summed E-state index contributed by atoms with van der Waals surface area (Å²) in [5, 5.41) is 0. The lowest BCUT2D eigenvalue weighted by Crippen LogP contribution is -2.40. The summed E-state index contributed by atoms with van der Waals surface area (Å²) >= 11 is 0. The molecule has 0 saturated carbocycles. The summed E-state index contributed by atoms with van der Waals surface area (Å²) < 4.78 is 64.0. The molecule has 0 aromatic heterocycles. The van der Waals surface area contributed by atoms with Gasteiger partial charge in [0.25, 0.3) is 0 Å². The van der Waals surface area contributed by atoms with Gasteiger partial charge in [-0.2, -0.15) is 4.31 Å². The second-order valence-electron chi connectivity index (χ2n) is 6.71. The first kappa shape index (κ1) is 21.2. The number of nitrogens with zero attached hydrogens (tertiary/aromatic N) is 1. The Morgan fingerprint density at radius 3 is 2.55 bits per heavy atom. The highest BCUT2D eigenvalue weighted by Gasteiger charge is 2.34. The molecule has 2 aromatic carbocycles. The summed E-state index contributed by atoms with van der Waals surface area (Å²) in [5.74, 6) is -2.06. The molecule has 0 aliphatic carbocycles. The summed E-state index contributed by atoms with van der Waals surface area (Å²) in [4.78, 5) is 11.6. The van der Waals surface area contributed by atoms with Gasteiger partial charge in [-0.15, -0.1) is 0 Å². The zero-order chi connectivity index (χ0) is 21.0. The van der Waals surface area contributed by atoms with Crippen LogP contribution in [-0.4, -0.2) is 38.9 Å². The molecule has 1 fully saturated rings. The van der Waals surface area contributed by atoms with Crippen molar-refractivity contribution < 1.29 is 31.5 Å². The van der Waals surface area contributed by atoms with Gasteiger partial charge in [0.15, 0.2) is 0 Å². The average Bonchev–Trinajstić information content (AvgIpc) is 2.74. The summed E-state index contributed by atoms with van der Waals surface area (Å²) in [6, 6.07) is 9.44. The van der Waals surface area contributed by atoms with E-state index in [0.717, 1.165) is 22.0 Å². The number of piperidine rings is 1. The van der Waals surface area contributed by atoms with Crippen LogP contribution in [0.5, 0.6) is 5.75 Å². The second-order valence-corrected chi connectivity index (χ2v) is 8.62. The Kier molecular flexibility index (Phi) is 6.49. The molecular weight excluding hydrogens is 404 g/mol. The molecule has 1 heterocycles. The van der Waals surface area contributed by atoms with Crippen LogP contribution < -0.4 is 4.74 Å². The van der Waals surface area contributed by atoms with Gasteiger partial charge in [0.1, 0.15) is 28.9 Å². The maximum absolute atomic E-state index is 13.9. The SMILES string of the molecule is COc1cccc(COC(=O)C2CCN(S(=O)(=O)c3cc(F)ccc3F)CC2)c1. The number of hydrogen-bond donors (Lipinski definition) is 0. The van der Waals surface area contributed by atoms with Crippen molar-refractivity contribution in [2.75, 3.05) is 20.2 Å². The van der Waals surface area contributed by atoms with Crippen LogP contribution in [0.1, 0.15) is 18.4 Å². The number of halogens is 2. The van der Waals surface area contributed by atoms with Gasteiger partial charge in [-0.3, -0.25) is 4.79 Å². The van der Waals surface area contributed by atoms with Crippen molar-refractivity contribution >= 4 is 16.0 Å². The normalized spacial score (nSPS) is 15.8. The van der Waals surface area contributed by atoms with Crippen molar-refractivity contribution in [1.29, 1.82) is 0 Å². The standard InChI is InChI=1S/C20H21F2NO5S/c1-27-17-4-2-3-14(11-17)13-28-20(24)15-7-9-23(10-8-15)29(25,26)19-12-16(21)5-6-18(19)22/h2-6,11-12,15H,7-10,13H2,1H3. The van der Waals surface area contributed by atoms with Crippen molar-refractivity contribution in [3.63, 3.8) is 0 Å². The number of hydrogen-bond acceptors (Lipinski definition) is 5. The minimum absolute atomic E-state index is 0.0250. The van der Waals surface area contributed by atoms with Gasteiger partial charge in [0.2, 0.25) is 10.0 Å². The minimum Gasteiger partial charge on any atom is -0.497 e. The molecule has 1 aliphatic heterocycles. The van der Waals surface area contributed by atoms with Crippen LogP contribution in [0, 0.1) is 17.6 Å². The molecule has 2 aromatic rings. The number of benzene rings is 2. The maximum atomic E-state index is 13.9. The number of carbonyl (C=O) groups is 1. The number of esters is 1. The number of sulfonamides is 1. The number of ether oxygens (including phenoxy) is 2. The molecule has 3 rings (SSSR count). The molecule has 1 saturated heterocycles. The molecule has 156 valence electrons. The van der Waals surface area contributed by atoms with Gasteiger partial charge in [-0.05, 0) is 48.7 Å². The monoisotopic (exact) mass is 425 g/mol. The van der Waals surface area contributed by atoms with Crippen LogP contribution in [0.15, 0.2) is 47.4 Å². The number of carbonyl (C=O) groups excluding carboxylic acids is 1. The molecular formula is C20H21F2NO5S. The highest BCUT2D eigenvalue weighted by molar-refractivity contribution is 7.89. The van der Waals surface area contributed by atoms with Crippen LogP contribution in [0.2, 0.25) is 0 Å². The molecule has 0 bridgehead atoms. The first-order valence-corrected chi connectivity index (χ1v) is 10.5. The Bertz CT molecular complexity index is 988. The lowest BCUT2D eigenvalue weighted by atomic mass is 9.98. The first-order chi connectivity index (χ1) is 13.8.